The number of carbonyl (C=O) groups is 1. The van der Waals surface area contributed by atoms with Crippen LogP contribution in [0.3, 0.4) is 0 Å². The smallest absolute Gasteiger partial charge is 0.253 e. The maximum absolute atomic E-state index is 13.1. The van der Waals surface area contributed by atoms with Crippen LogP contribution in [-0.4, -0.2) is 80.1 Å². The monoisotopic (exact) mass is 373 g/mol. The average molecular weight is 374 g/mol. The normalized spacial score (nSPS) is 20.7. The lowest BCUT2D eigenvalue weighted by Crippen LogP contribution is -2.53. The van der Waals surface area contributed by atoms with E-state index in [1.165, 1.54) is 0 Å². The van der Waals surface area contributed by atoms with Gasteiger partial charge < -0.3 is 14.5 Å². The van der Waals surface area contributed by atoms with E-state index in [4.69, 9.17) is 4.74 Å². The molecule has 5 nitrogen and oxygen atoms in total. The van der Waals surface area contributed by atoms with Gasteiger partial charge in [0.15, 0.2) is 0 Å². The molecule has 0 spiro atoms. The van der Waals surface area contributed by atoms with Gasteiger partial charge in [-0.05, 0) is 43.5 Å². The third-order valence-electron chi connectivity index (χ3n) is 6.06. The van der Waals surface area contributed by atoms with Crippen LogP contribution in [0.2, 0.25) is 0 Å². The molecule has 150 valence electrons. The van der Waals surface area contributed by atoms with Gasteiger partial charge in [0, 0.05) is 56.4 Å². The summed E-state index contributed by atoms with van der Waals surface area (Å²) >= 11 is 0. The number of piperazine rings is 1. The van der Waals surface area contributed by atoms with Gasteiger partial charge in [-0.1, -0.05) is 20.8 Å². The van der Waals surface area contributed by atoms with Crippen molar-refractivity contribution in [1.82, 2.24) is 14.7 Å². The minimum atomic E-state index is -0.0595. The number of rotatable bonds is 3. The fourth-order valence-corrected chi connectivity index (χ4v) is 4.23. The van der Waals surface area contributed by atoms with Gasteiger partial charge in [0.25, 0.3) is 5.91 Å². The highest BCUT2D eigenvalue weighted by Crippen LogP contribution is 2.32. The quantitative estimate of drug-likeness (QED) is 0.816. The Labute approximate surface area is 164 Å². The number of hydrogen-bond acceptors (Lipinski definition) is 4. The SMILES string of the molecule is COc1ccc(C(=O)N2CCC(N3CCN(C)CC3)CC2)cc1C(C)(C)C. The van der Waals surface area contributed by atoms with Crippen molar-refractivity contribution in [3.05, 3.63) is 29.3 Å². The van der Waals surface area contributed by atoms with Gasteiger partial charge in [0.1, 0.15) is 5.75 Å². The number of amides is 1. The summed E-state index contributed by atoms with van der Waals surface area (Å²) in [6.45, 7) is 12.8. The van der Waals surface area contributed by atoms with Crippen molar-refractivity contribution in [2.24, 2.45) is 0 Å². The average Bonchev–Trinajstić information content (AvgIpc) is 2.67. The van der Waals surface area contributed by atoms with E-state index < -0.39 is 0 Å². The number of carbonyl (C=O) groups excluding carboxylic acids is 1. The molecule has 3 rings (SSSR count). The van der Waals surface area contributed by atoms with Crippen molar-refractivity contribution in [1.29, 1.82) is 0 Å². The Morgan fingerprint density at radius 1 is 1.04 bits per heavy atom. The first-order valence-electron chi connectivity index (χ1n) is 10.2. The minimum Gasteiger partial charge on any atom is -0.496 e. The van der Waals surface area contributed by atoms with E-state index in [-0.39, 0.29) is 11.3 Å². The zero-order chi connectivity index (χ0) is 19.6. The molecule has 1 amide bonds. The maximum atomic E-state index is 13.1. The summed E-state index contributed by atoms with van der Waals surface area (Å²) in [6, 6.07) is 6.49. The van der Waals surface area contributed by atoms with E-state index >= 15 is 0 Å². The molecule has 2 saturated heterocycles. The van der Waals surface area contributed by atoms with Crippen molar-refractivity contribution in [3.63, 3.8) is 0 Å². The number of nitrogens with zero attached hydrogens (tertiary/aromatic N) is 3. The number of likely N-dealkylation sites (N-methyl/N-ethyl adjacent to an activating group) is 1. The first-order chi connectivity index (χ1) is 12.8. The largest absolute Gasteiger partial charge is 0.496 e. The minimum absolute atomic E-state index is 0.0595. The first kappa shape index (κ1) is 20.2. The predicted molar refractivity (Wildman–Crippen MR) is 110 cm³/mol. The molecule has 2 heterocycles. The molecule has 1 aromatic carbocycles. The predicted octanol–water partition coefficient (Wildman–Crippen LogP) is 2.84. The molecule has 0 atom stereocenters. The molecule has 2 aliphatic heterocycles. The number of ether oxygens (including phenoxy) is 1. The van der Waals surface area contributed by atoms with Crippen LogP contribution in [0, 0.1) is 0 Å². The van der Waals surface area contributed by atoms with Gasteiger partial charge in [-0.3, -0.25) is 9.69 Å². The number of benzene rings is 1. The highest BCUT2D eigenvalue weighted by molar-refractivity contribution is 5.94. The summed E-state index contributed by atoms with van der Waals surface area (Å²) in [7, 11) is 3.88. The topological polar surface area (TPSA) is 36.0 Å². The van der Waals surface area contributed by atoms with E-state index in [0.717, 1.165) is 69.0 Å². The van der Waals surface area contributed by atoms with Crippen LogP contribution in [0.25, 0.3) is 0 Å². The molecule has 5 heteroatoms. The van der Waals surface area contributed by atoms with Gasteiger partial charge in [-0.2, -0.15) is 0 Å². The van der Waals surface area contributed by atoms with Crippen molar-refractivity contribution < 1.29 is 9.53 Å². The van der Waals surface area contributed by atoms with Crippen LogP contribution in [0.1, 0.15) is 49.5 Å². The standard InChI is InChI=1S/C22H35N3O2/c1-22(2,3)19-16-17(6-7-20(19)27-5)21(26)25-10-8-18(9-11-25)24-14-12-23(4)13-15-24/h6-7,16,18H,8-15H2,1-5H3. The molecular weight excluding hydrogens is 338 g/mol. The van der Waals surface area contributed by atoms with E-state index in [2.05, 4.69) is 37.6 Å². The van der Waals surface area contributed by atoms with Crippen LogP contribution >= 0.6 is 0 Å². The van der Waals surface area contributed by atoms with Crippen molar-refractivity contribution in [2.75, 3.05) is 53.4 Å². The van der Waals surface area contributed by atoms with Crippen LogP contribution in [0.5, 0.6) is 5.75 Å². The summed E-state index contributed by atoms with van der Waals surface area (Å²) in [5, 5.41) is 0. The van der Waals surface area contributed by atoms with Gasteiger partial charge >= 0.3 is 0 Å². The van der Waals surface area contributed by atoms with E-state index in [0.29, 0.717) is 6.04 Å². The van der Waals surface area contributed by atoms with Crippen LogP contribution < -0.4 is 4.74 Å². The number of hydrogen-bond donors (Lipinski definition) is 0. The van der Waals surface area contributed by atoms with E-state index in [1.54, 1.807) is 7.11 Å². The fraction of sp³-hybridized carbons (Fsp3) is 0.682. The lowest BCUT2D eigenvalue weighted by atomic mass is 9.85. The van der Waals surface area contributed by atoms with Gasteiger partial charge in [-0.15, -0.1) is 0 Å². The Morgan fingerprint density at radius 2 is 1.67 bits per heavy atom. The Hall–Kier alpha value is -1.59. The number of likely N-dealkylation sites (tertiary alicyclic amines) is 1. The first-order valence-corrected chi connectivity index (χ1v) is 10.2. The second-order valence-corrected chi connectivity index (χ2v) is 9.03. The molecule has 0 bridgehead atoms. The fourth-order valence-electron chi connectivity index (χ4n) is 4.23. The van der Waals surface area contributed by atoms with E-state index in [9.17, 15) is 4.79 Å². The molecule has 0 aliphatic carbocycles. The highest BCUT2D eigenvalue weighted by atomic mass is 16.5. The van der Waals surface area contributed by atoms with Gasteiger partial charge in [0.2, 0.25) is 0 Å². The Morgan fingerprint density at radius 3 is 2.22 bits per heavy atom. The summed E-state index contributed by atoms with van der Waals surface area (Å²) in [6.07, 6.45) is 2.16. The lowest BCUT2D eigenvalue weighted by Gasteiger charge is -2.42. The summed E-state index contributed by atoms with van der Waals surface area (Å²) in [5.74, 6) is 1.01. The van der Waals surface area contributed by atoms with Gasteiger partial charge in [0.05, 0.1) is 7.11 Å². The number of piperidine rings is 1. The molecule has 0 unspecified atom stereocenters. The Bertz CT molecular complexity index is 652. The molecule has 27 heavy (non-hydrogen) atoms. The zero-order valence-corrected chi connectivity index (χ0v) is 17.6. The second kappa shape index (κ2) is 8.19. The Balaban J connectivity index is 1.64. The Kier molecular flexibility index (Phi) is 6.11. The highest BCUT2D eigenvalue weighted by Gasteiger charge is 2.29. The number of methoxy groups -OCH3 is 1. The molecule has 2 aliphatic rings. The summed E-state index contributed by atoms with van der Waals surface area (Å²) in [4.78, 5) is 20.1. The molecule has 2 fully saturated rings. The molecule has 0 saturated carbocycles. The molecule has 0 radical (unpaired) electrons. The van der Waals surface area contributed by atoms with Gasteiger partial charge in [-0.25, -0.2) is 0 Å². The second-order valence-electron chi connectivity index (χ2n) is 9.03. The van der Waals surface area contributed by atoms with Crippen molar-refractivity contribution in [3.8, 4) is 5.75 Å². The summed E-state index contributed by atoms with van der Waals surface area (Å²) < 4.78 is 5.51. The molecule has 1 aromatic rings. The van der Waals surface area contributed by atoms with Crippen LogP contribution in [-0.2, 0) is 5.41 Å². The third-order valence-corrected chi connectivity index (χ3v) is 6.06. The zero-order valence-electron chi connectivity index (χ0n) is 17.6. The van der Waals surface area contributed by atoms with Crippen molar-refractivity contribution in [2.45, 2.75) is 45.1 Å². The molecular formula is C22H35N3O2. The molecule has 0 N–H and O–H groups in total. The maximum Gasteiger partial charge on any atom is 0.253 e. The van der Waals surface area contributed by atoms with E-state index in [1.807, 2.05) is 23.1 Å². The van der Waals surface area contributed by atoms with Crippen molar-refractivity contribution >= 4 is 5.91 Å². The van der Waals surface area contributed by atoms with Crippen LogP contribution in [0.15, 0.2) is 18.2 Å². The summed E-state index contributed by atoms with van der Waals surface area (Å²) in [5.41, 5.74) is 1.80. The van der Waals surface area contributed by atoms with Crippen LogP contribution in [0.4, 0.5) is 0 Å². The third kappa shape index (κ3) is 4.64. The molecule has 0 aromatic heterocycles. The lowest BCUT2D eigenvalue weighted by molar-refractivity contribution is 0.0518.